The summed E-state index contributed by atoms with van der Waals surface area (Å²) in [6, 6.07) is 8.83. The second kappa shape index (κ2) is 11.0. The molecule has 2 aliphatic rings. The van der Waals surface area contributed by atoms with Crippen LogP contribution in [0.1, 0.15) is 48.0 Å². The second-order valence-corrected chi connectivity index (χ2v) is 10.2. The van der Waals surface area contributed by atoms with Crippen LogP contribution in [0, 0.1) is 5.92 Å². The Hall–Kier alpha value is -2.64. The summed E-state index contributed by atoms with van der Waals surface area (Å²) in [4.78, 5) is 47.8. The summed E-state index contributed by atoms with van der Waals surface area (Å²) < 4.78 is 0. The fraction of sp³-hybridized carbons (Fsp3) is 0.462. The summed E-state index contributed by atoms with van der Waals surface area (Å²) >= 11 is 12.5. The Morgan fingerprint density at radius 2 is 1.60 bits per heavy atom. The summed E-state index contributed by atoms with van der Waals surface area (Å²) in [5.74, 6) is -0.111. The number of likely N-dealkylation sites (tertiary alicyclic amines) is 2. The Morgan fingerprint density at radius 1 is 0.943 bits per heavy atom. The molecule has 0 N–H and O–H groups in total. The molecule has 9 heteroatoms. The largest absolute Gasteiger partial charge is 0.343 e. The highest BCUT2D eigenvalue weighted by Crippen LogP contribution is 2.35. The first kappa shape index (κ1) is 25.5. The lowest BCUT2D eigenvalue weighted by Crippen LogP contribution is -2.53. The van der Waals surface area contributed by atoms with Crippen molar-refractivity contribution in [2.24, 2.45) is 5.92 Å². The number of amides is 3. The normalized spacial score (nSPS) is 21.0. The van der Waals surface area contributed by atoms with Gasteiger partial charge in [-0.05, 0) is 49.1 Å². The van der Waals surface area contributed by atoms with Gasteiger partial charge in [0.2, 0.25) is 11.8 Å². The van der Waals surface area contributed by atoms with Crippen LogP contribution in [0.15, 0.2) is 42.7 Å². The number of hydrogen-bond acceptors (Lipinski definition) is 4. The molecule has 3 heterocycles. The van der Waals surface area contributed by atoms with Crippen molar-refractivity contribution in [3.05, 3.63) is 63.9 Å². The van der Waals surface area contributed by atoms with Crippen molar-refractivity contribution < 1.29 is 14.4 Å². The number of likely N-dealkylation sites (N-methyl/N-ethyl adjacent to an activating group) is 1. The Balaban J connectivity index is 1.55. The summed E-state index contributed by atoms with van der Waals surface area (Å²) in [5, 5.41) is 0.917. The number of rotatable bonds is 4. The Kier molecular flexibility index (Phi) is 7.97. The van der Waals surface area contributed by atoms with Crippen molar-refractivity contribution in [3.8, 4) is 0 Å². The van der Waals surface area contributed by atoms with Gasteiger partial charge in [0.15, 0.2) is 0 Å². The fourth-order valence-corrected chi connectivity index (χ4v) is 5.53. The van der Waals surface area contributed by atoms with E-state index in [2.05, 4.69) is 4.98 Å². The molecule has 2 saturated heterocycles. The number of halogens is 2. The van der Waals surface area contributed by atoms with Gasteiger partial charge in [0, 0.05) is 76.0 Å². The van der Waals surface area contributed by atoms with Gasteiger partial charge in [-0.2, -0.15) is 0 Å². The predicted molar refractivity (Wildman–Crippen MR) is 135 cm³/mol. The van der Waals surface area contributed by atoms with E-state index in [9.17, 15) is 14.4 Å². The zero-order chi connectivity index (χ0) is 25.1. The second-order valence-electron chi connectivity index (χ2n) is 9.35. The Morgan fingerprint density at radius 3 is 2.23 bits per heavy atom. The number of piperidine rings is 2. The molecule has 2 aliphatic heterocycles. The highest BCUT2D eigenvalue weighted by molar-refractivity contribution is 6.42. The minimum absolute atomic E-state index is 0.0540. The molecule has 35 heavy (non-hydrogen) atoms. The molecule has 7 nitrogen and oxygen atoms in total. The van der Waals surface area contributed by atoms with Gasteiger partial charge in [0.1, 0.15) is 0 Å². The van der Waals surface area contributed by atoms with E-state index in [1.54, 1.807) is 47.3 Å². The molecule has 3 amide bonds. The number of carbonyl (C=O) groups excluding carboxylic acids is 3. The average Bonchev–Trinajstić information content (AvgIpc) is 2.89. The van der Waals surface area contributed by atoms with E-state index in [4.69, 9.17) is 23.2 Å². The van der Waals surface area contributed by atoms with Crippen LogP contribution >= 0.6 is 23.2 Å². The van der Waals surface area contributed by atoms with Crippen LogP contribution in [0.4, 0.5) is 0 Å². The highest BCUT2D eigenvalue weighted by Gasteiger charge is 2.39. The van der Waals surface area contributed by atoms with Crippen LogP contribution in [-0.4, -0.2) is 76.7 Å². The summed E-state index contributed by atoms with van der Waals surface area (Å²) in [6.45, 7) is 3.85. The molecule has 0 spiro atoms. The lowest BCUT2D eigenvalue weighted by Gasteiger charge is -2.44. The van der Waals surface area contributed by atoms with Gasteiger partial charge in [-0.1, -0.05) is 29.3 Å². The fourth-order valence-electron chi connectivity index (χ4n) is 5.22. The van der Waals surface area contributed by atoms with E-state index in [1.807, 2.05) is 24.1 Å². The quantitative estimate of drug-likeness (QED) is 0.612. The molecule has 0 aliphatic carbocycles. The summed E-state index contributed by atoms with van der Waals surface area (Å²) in [5.41, 5.74) is 1.52. The maximum atomic E-state index is 13.4. The molecule has 2 aromatic rings. The molecule has 1 aromatic carbocycles. The zero-order valence-electron chi connectivity index (χ0n) is 20.0. The van der Waals surface area contributed by atoms with E-state index < -0.39 is 0 Å². The molecule has 0 radical (unpaired) electrons. The van der Waals surface area contributed by atoms with Crippen molar-refractivity contribution in [2.45, 2.75) is 38.1 Å². The Bertz CT molecular complexity index is 1090. The van der Waals surface area contributed by atoms with E-state index in [0.29, 0.717) is 61.1 Å². The van der Waals surface area contributed by atoms with E-state index in [0.717, 1.165) is 5.56 Å². The molecule has 4 rings (SSSR count). The van der Waals surface area contributed by atoms with Gasteiger partial charge in [0.05, 0.1) is 10.0 Å². The molecule has 2 fully saturated rings. The molecule has 0 unspecified atom stereocenters. The smallest absolute Gasteiger partial charge is 0.253 e. The van der Waals surface area contributed by atoms with Crippen molar-refractivity contribution >= 4 is 40.9 Å². The maximum absolute atomic E-state index is 13.4. The number of pyridine rings is 1. The van der Waals surface area contributed by atoms with Crippen molar-refractivity contribution in [1.82, 2.24) is 19.7 Å². The Labute approximate surface area is 216 Å². The van der Waals surface area contributed by atoms with E-state index in [1.165, 1.54) is 0 Å². The van der Waals surface area contributed by atoms with Crippen LogP contribution in [0.2, 0.25) is 10.0 Å². The first-order valence-corrected chi connectivity index (χ1v) is 12.7. The molecule has 186 valence electrons. The number of nitrogens with zero attached hydrogens (tertiary/aromatic N) is 4. The first-order chi connectivity index (χ1) is 16.8. The third-order valence-corrected chi connectivity index (χ3v) is 8.03. The average molecular weight is 517 g/mol. The third kappa shape index (κ3) is 5.62. The molecule has 1 aromatic heterocycles. The number of hydrogen-bond donors (Lipinski definition) is 0. The SMILES string of the molecule is CC(=O)N1CCC(C(=O)N2CC[C@@H](N(C)C(=O)c3ccncc3)[C@H](c3ccc(Cl)c(Cl)c3)C2)CC1. The lowest BCUT2D eigenvalue weighted by molar-refractivity contribution is -0.141. The van der Waals surface area contributed by atoms with Gasteiger partial charge in [-0.25, -0.2) is 0 Å². The van der Waals surface area contributed by atoms with Crippen LogP contribution in [-0.2, 0) is 9.59 Å². The van der Waals surface area contributed by atoms with E-state index >= 15 is 0 Å². The number of carbonyl (C=O) groups is 3. The van der Waals surface area contributed by atoms with Gasteiger partial charge in [-0.3, -0.25) is 19.4 Å². The number of aromatic nitrogens is 1. The monoisotopic (exact) mass is 516 g/mol. The van der Waals surface area contributed by atoms with E-state index in [-0.39, 0.29) is 35.6 Å². The first-order valence-electron chi connectivity index (χ1n) is 11.9. The van der Waals surface area contributed by atoms with Gasteiger partial charge < -0.3 is 14.7 Å². The molecule has 0 saturated carbocycles. The minimum atomic E-state index is -0.115. The third-order valence-electron chi connectivity index (χ3n) is 7.29. The van der Waals surface area contributed by atoms with Crippen LogP contribution < -0.4 is 0 Å². The van der Waals surface area contributed by atoms with Crippen molar-refractivity contribution in [1.29, 1.82) is 0 Å². The van der Waals surface area contributed by atoms with Crippen molar-refractivity contribution in [3.63, 3.8) is 0 Å². The van der Waals surface area contributed by atoms with Gasteiger partial charge in [-0.15, -0.1) is 0 Å². The predicted octanol–water partition coefficient (Wildman–Crippen LogP) is 4.10. The maximum Gasteiger partial charge on any atom is 0.253 e. The lowest BCUT2D eigenvalue weighted by atomic mass is 9.83. The summed E-state index contributed by atoms with van der Waals surface area (Å²) in [6.07, 6.45) is 5.22. The van der Waals surface area contributed by atoms with Crippen LogP contribution in [0.3, 0.4) is 0 Å². The molecular formula is C26H30Cl2N4O3. The standard InChI is InChI=1S/C26H30Cl2N4O3/c1-17(33)31-12-7-19(8-13-31)26(35)32-14-9-24(30(2)25(34)18-5-10-29-11-6-18)21(16-32)20-3-4-22(27)23(28)15-20/h3-6,10-11,15,19,21,24H,7-9,12-14,16H2,1-2H3/t21-,24+/m0/s1. The molecule has 0 bridgehead atoms. The molecular weight excluding hydrogens is 487 g/mol. The topological polar surface area (TPSA) is 73.8 Å². The van der Waals surface area contributed by atoms with Crippen LogP contribution in [0.5, 0.6) is 0 Å². The van der Waals surface area contributed by atoms with Crippen LogP contribution in [0.25, 0.3) is 0 Å². The molecule has 2 atom stereocenters. The summed E-state index contributed by atoms with van der Waals surface area (Å²) in [7, 11) is 1.81. The number of benzene rings is 1. The highest BCUT2D eigenvalue weighted by atomic mass is 35.5. The zero-order valence-corrected chi connectivity index (χ0v) is 21.5. The van der Waals surface area contributed by atoms with Gasteiger partial charge in [0.25, 0.3) is 5.91 Å². The van der Waals surface area contributed by atoms with Gasteiger partial charge >= 0.3 is 0 Å². The van der Waals surface area contributed by atoms with Crippen molar-refractivity contribution in [2.75, 3.05) is 33.2 Å². The minimum Gasteiger partial charge on any atom is -0.343 e.